The third-order valence-electron chi connectivity index (χ3n) is 3.97. The van der Waals surface area contributed by atoms with E-state index in [0.29, 0.717) is 13.0 Å². The maximum atomic E-state index is 12.6. The van der Waals surface area contributed by atoms with E-state index in [1.807, 2.05) is 40.8 Å². The van der Waals surface area contributed by atoms with Gasteiger partial charge in [0.15, 0.2) is 0 Å². The van der Waals surface area contributed by atoms with Crippen molar-refractivity contribution in [3.8, 4) is 0 Å². The Bertz CT molecular complexity index is 550. The molecule has 0 radical (unpaired) electrons. The van der Waals surface area contributed by atoms with Crippen molar-refractivity contribution in [1.82, 2.24) is 20.0 Å². The van der Waals surface area contributed by atoms with Crippen LogP contribution in [-0.4, -0.2) is 38.6 Å². The van der Waals surface area contributed by atoms with Gasteiger partial charge in [0.05, 0.1) is 17.9 Å². The van der Waals surface area contributed by atoms with Gasteiger partial charge < -0.3 is 10.2 Å². The number of aromatic nitrogens is 2. The highest BCUT2D eigenvalue weighted by Gasteiger charge is 2.41. The van der Waals surface area contributed by atoms with Crippen molar-refractivity contribution in [1.29, 1.82) is 0 Å². The summed E-state index contributed by atoms with van der Waals surface area (Å²) in [6.45, 7) is 8.17. The first-order valence-corrected chi connectivity index (χ1v) is 7.45. The van der Waals surface area contributed by atoms with E-state index in [1.165, 1.54) is 0 Å². The topological polar surface area (TPSA) is 67.2 Å². The first-order chi connectivity index (χ1) is 9.85. The zero-order valence-corrected chi connectivity index (χ0v) is 13.4. The molecule has 0 aliphatic carbocycles. The van der Waals surface area contributed by atoms with E-state index in [9.17, 15) is 9.59 Å². The Morgan fingerprint density at radius 1 is 1.38 bits per heavy atom. The molecule has 2 atom stereocenters. The molecule has 2 heterocycles. The average molecular weight is 292 g/mol. The molecule has 116 valence electrons. The van der Waals surface area contributed by atoms with E-state index in [0.717, 1.165) is 11.4 Å². The van der Waals surface area contributed by atoms with Gasteiger partial charge in [-0.05, 0) is 25.3 Å². The van der Waals surface area contributed by atoms with Crippen molar-refractivity contribution in [3.05, 3.63) is 17.5 Å². The van der Waals surface area contributed by atoms with E-state index in [4.69, 9.17) is 0 Å². The predicted octanol–water partition coefficient (Wildman–Crippen LogP) is 0.990. The van der Waals surface area contributed by atoms with E-state index in [2.05, 4.69) is 10.4 Å². The molecule has 1 aliphatic heterocycles. The molecular weight excluding hydrogens is 268 g/mol. The van der Waals surface area contributed by atoms with Crippen molar-refractivity contribution in [3.63, 3.8) is 0 Å². The first kappa shape index (κ1) is 15.5. The number of hydrogen-bond donors (Lipinski definition) is 1. The Hall–Kier alpha value is -1.85. The lowest BCUT2D eigenvalue weighted by Crippen LogP contribution is -2.64. The predicted molar refractivity (Wildman–Crippen MR) is 79.3 cm³/mol. The molecule has 6 nitrogen and oxygen atoms in total. The second kappa shape index (κ2) is 5.87. The van der Waals surface area contributed by atoms with Crippen molar-refractivity contribution < 1.29 is 9.59 Å². The molecule has 1 N–H and O–H groups in total. The minimum Gasteiger partial charge on any atom is -0.343 e. The largest absolute Gasteiger partial charge is 0.343 e. The molecule has 0 bridgehead atoms. The minimum absolute atomic E-state index is 0.00495. The van der Waals surface area contributed by atoms with E-state index in [1.54, 1.807) is 9.58 Å². The Balaban J connectivity index is 2.32. The molecule has 1 aromatic heterocycles. The highest BCUT2D eigenvalue weighted by Crippen LogP contribution is 2.21. The number of hydrogen-bond acceptors (Lipinski definition) is 3. The second-order valence-electron chi connectivity index (χ2n) is 6.03. The number of piperazine rings is 1. The lowest BCUT2D eigenvalue weighted by Gasteiger charge is -2.40. The van der Waals surface area contributed by atoms with Gasteiger partial charge in [-0.3, -0.25) is 14.3 Å². The fourth-order valence-electron chi connectivity index (χ4n) is 2.90. The van der Waals surface area contributed by atoms with Crippen LogP contribution >= 0.6 is 0 Å². The summed E-state index contributed by atoms with van der Waals surface area (Å²) in [5.74, 6) is 0.00562. The normalized spacial score (nSPS) is 22.9. The number of nitrogens with zero attached hydrogens (tertiary/aromatic N) is 3. The van der Waals surface area contributed by atoms with Gasteiger partial charge in [0.1, 0.15) is 12.1 Å². The molecule has 6 heteroatoms. The Labute approximate surface area is 125 Å². The molecule has 1 fully saturated rings. The van der Waals surface area contributed by atoms with Crippen LogP contribution in [0.15, 0.2) is 6.07 Å². The van der Waals surface area contributed by atoms with Gasteiger partial charge in [0.2, 0.25) is 11.8 Å². The summed E-state index contributed by atoms with van der Waals surface area (Å²) in [5.41, 5.74) is 1.85. The number of amides is 2. The van der Waals surface area contributed by atoms with Crippen molar-refractivity contribution in [2.75, 3.05) is 0 Å². The van der Waals surface area contributed by atoms with E-state index < -0.39 is 12.1 Å². The molecule has 2 amide bonds. The van der Waals surface area contributed by atoms with Gasteiger partial charge in [0.25, 0.3) is 0 Å². The molecule has 21 heavy (non-hydrogen) atoms. The molecule has 1 aliphatic rings. The monoisotopic (exact) mass is 292 g/mol. The lowest BCUT2D eigenvalue weighted by atomic mass is 9.96. The number of rotatable bonds is 4. The number of carbonyl (C=O) groups is 2. The van der Waals surface area contributed by atoms with Gasteiger partial charge in [0, 0.05) is 7.05 Å². The maximum absolute atomic E-state index is 12.6. The summed E-state index contributed by atoms with van der Waals surface area (Å²) < 4.78 is 1.77. The highest BCUT2D eigenvalue weighted by atomic mass is 16.2. The standard InChI is InChI=1S/C15H24N4O2/c1-6-12-15(21)19(13(9(2)3)14(20)16-12)8-11-7-10(4)17-18(11)5/h7,9,12-13H,6,8H2,1-5H3,(H,16,20). The van der Waals surface area contributed by atoms with Crippen LogP contribution in [0.2, 0.25) is 0 Å². The fourth-order valence-corrected chi connectivity index (χ4v) is 2.90. The SMILES string of the molecule is CCC1NC(=O)C(C(C)C)N(Cc2cc(C)nn2C)C1=O. The Morgan fingerprint density at radius 3 is 2.52 bits per heavy atom. The van der Waals surface area contributed by atoms with Gasteiger partial charge >= 0.3 is 0 Å². The number of aryl methyl sites for hydroxylation is 2. The van der Waals surface area contributed by atoms with Crippen LogP contribution in [0.3, 0.4) is 0 Å². The highest BCUT2D eigenvalue weighted by molar-refractivity contribution is 5.97. The molecule has 0 spiro atoms. The molecule has 1 aromatic rings. The fraction of sp³-hybridized carbons (Fsp3) is 0.667. The number of carbonyl (C=O) groups excluding carboxylic acids is 2. The first-order valence-electron chi connectivity index (χ1n) is 7.45. The summed E-state index contributed by atoms with van der Waals surface area (Å²) in [5, 5.41) is 7.14. The van der Waals surface area contributed by atoms with Crippen LogP contribution in [0.25, 0.3) is 0 Å². The Morgan fingerprint density at radius 2 is 2.05 bits per heavy atom. The Kier molecular flexibility index (Phi) is 4.34. The zero-order chi connectivity index (χ0) is 15.7. The van der Waals surface area contributed by atoms with Crippen molar-refractivity contribution in [2.24, 2.45) is 13.0 Å². The van der Waals surface area contributed by atoms with E-state index >= 15 is 0 Å². The zero-order valence-electron chi connectivity index (χ0n) is 13.4. The van der Waals surface area contributed by atoms with Crippen LogP contribution in [0.1, 0.15) is 38.6 Å². The van der Waals surface area contributed by atoms with Gasteiger partial charge in [-0.25, -0.2) is 0 Å². The van der Waals surface area contributed by atoms with Crippen LogP contribution in [0, 0.1) is 12.8 Å². The lowest BCUT2D eigenvalue weighted by molar-refractivity contribution is -0.152. The van der Waals surface area contributed by atoms with Gasteiger partial charge in [-0.15, -0.1) is 0 Å². The molecule has 1 saturated heterocycles. The summed E-state index contributed by atoms with van der Waals surface area (Å²) in [4.78, 5) is 26.6. The van der Waals surface area contributed by atoms with Gasteiger partial charge in [-0.1, -0.05) is 20.8 Å². The maximum Gasteiger partial charge on any atom is 0.246 e. The third-order valence-corrected chi connectivity index (χ3v) is 3.97. The smallest absolute Gasteiger partial charge is 0.246 e. The molecule has 0 saturated carbocycles. The van der Waals surface area contributed by atoms with Crippen LogP contribution in [0.4, 0.5) is 0 Å². The third kappa shape index (κ3) is 2.94. The molecule has 0 aromatic carbocycles. The van der Waals surface area contributed by atoms with Gasteiger partial charge in [-0.2, -0.15) is 5.10 Å². The van der Waals surface area contributed by atoms with Crippen molar-refractivity contribution >= 4 is 11.8 Å². The second-order valence-corrected chi connectivity index (χ2v) is 6.03. The summed E-state index contributed by atoms with van der Waals surface area (Å²) in [7, 11) is 1.86. The average Bonchev–Trinajstić information content (AvgIpc) is 2.71. The summed E-state index contributed by atoms with van der Waals surface area (Å²) in [6.07, 6.45) is 0.607. The summed E-state index contributed by atoms with van der Waals surface area (Å²) >= 11 is 0. The van der Waals surface area contributed by atoms with Crippen LogP contribution in [0.5, 0.6) is 0 Å². The molecule has 2 rings (SSSR count). The number of nitrogens with one attached hydrogen (secondary N) is 1. The summed E-state index contributed by atoms with van der Waals surface area (Å²) in [6, 6.07) is 1.12. The van der Waals surface area contributed by atoms with E-state index in [-0.39, 0.29) is 17.7 Å². The van der Waals surface area contributed by atoms with Crippen LogP contribution < -0.4 is 5.32 Å². The molecule has 2 unspecified atom stereocenters. The quantitative estimate of drug-likeness (QED) is 0.900. The van der Waals surface area contributed by atoms with Crippen molar-refractivity contribution in [2.45, 2.75) is 52.7 Å². The van der Waals surface area contributed by atoms with Crippen LogP contribution in [-0.2, 0) is 23.2 Å². The minimum atomic E-state index is -0.421. The molecular formula is C15H24N4O2.